The molecule has 1 aromatic carbocycles. The zero-order valence-corrected chi connectivity index (χ0v) is 9.49. The lowest BCUT2D eigenvalue weighted by Crippen LogP contribution is -2.34. The van der Waals surface area contributed by atoms with Gasteiger partial charge in [-0.1, -0.05) is 18.2 Å². The molecule has 0 saturated heterocycles. The molecule has 0 radical (unpaired) electrons. The molecule has 1 aromatic rings. The zero-order chi connectivity index (χ0) is 13.9. The van der Waals surface area contributed by atoms with Crippen LogP contribution in [0.3, 0.4) is 0 Å². The zero-order valence-electron chi connectivity index (χ0n) is 9.49. The number of hydrogen-bond acceptors (Lipinski definition) is 3. The van der Waals surface area contributed by atoms with Gasteiger partial charge in [0.05, 0.1) is 12.1 Å². The van der Waals surface area contributed by atoms with E-state index in [1.54, 1.807) is 0 Å². The first-order chi connectivity index (χ1) is 8.25. The molecule has 0 aromatic heterocycles. The van der Waals surface area contributed by atoms with Gasteiger partial charge in [-0.25, -0.2) is 0 Å². The van der Waals surface area contributed by atoms with Gasteiger partial charge < -0.3 is 15.6 Å². The van der Waals surface area contributed by atoms with Crippen LogP contribution in [-0.4, -0.2) is 23.7 Å². The Balaban J connectivity index is 3.03. The number of aliphatic hydroxyl groups excluding tert-OH is 1. The minimum absolute atomic E-state index is 0.0350. The van der Waals surface area contributed by atoms with Crippen LogP contribution in [0.25, 0.3) is 0 Å². The average molecular weight is 267 g/mol. The molecule has 0 amide bonds. The molecule has 0 unspecified atom stereocenters. The topological polar surface area (TPSA) is 55.5 Å². The van der Waals surface area contributed by atoms with Crippen LogP contribution in [0.2, 0.25) is 0 Å². The van der Waals surface area contributed by atoms with E-state index in [4.69, 9.17) is 5.73 Å². The summed E-state index contributed by atoms with van der Waals surface area (Å²) in [6.45, 7) is 1.35. The lowest BCUT2D eigenvalue weighted by Gasteiger charge is -2.22. The minimum Gasteiger partial charge on any atom is -0.428 e. The minimum atomic E-state index is -4.60. The molecule has 0 fully saturated rings. The van der Waals surface area contributed by atoms with Gasteiger partial charge in [-0.3, -0.25) is 0 Å². The van der Waals surface area contributed by atoms with Crippen molar-refractivity contribution in [2.75, 3.05) is 0 Å². The van der Waals surface area contributed by atoms with Gasteiger partial charge in [-0.15, -0.1) is 0 Å². The van der Waals surface area contributed by atoms with Crippen molar-refractivity contribution in [2.45, 2.75) is 31.6 Å². The fourth-order valence-electron chi connectivity index (χ4n) is 1.30. The SMILES string of the molecule is C[C@H](O)[C@H](N)c1ccccc1OC(F)(F)C(F)F. The number of halogens is 4. The summed E-state index contributed by atoms with van der Waals surface area (Å²) >= 11 is 0. The van der Waals surface area contributed by atoms with Crippen LogP contribution in [0.1, 0.15) is 18.5 Å². The second kappa shape index (κ2) is 5.53. The summed E-state index contributed by atoms with van der Waals surface area (Å²) < 4.78 is 53.7. The Hall–Kier alpha value is -1.34. The fourth-order valence-corrected chi connectivity index (χ4v) is 1.30. The summed E-state index contributed by atoms with van der Waals surface area (Å²) in [5.41, 5.74) is 5.61. The standard InChI is InChI=1S/C11H13F4NO2/c1-6(17)9(16)7-4-2-3-5-8(7)18-11(14,15)10(12)13/h2-6,9-10,17H,16H2,1H3/t6-,9-/m0/s1. The van der Waals surface area contributed by atoms with E-state index in [0.29, 0.717) is 0 Å². The van der Waals surface area contributed by atoms with E-state index in [9.17, 15) is 22.7 Å². The highest BCUT2D eigenvalue weighted by Crippen LogP contribution is 2.32. The van der Waals surface area contributed by atoms with Crippen LogP contribution >= 0.6 is 0 Å². The third kappa shape index (κ3) is 3.33. The van der Waals surface area contributed by atoms with Gasteiger partial charge in [0.15, 0.2) is 0 Å². The number of nitrogens with two attached hydrogens (primary N) is 1. The molecule has 3 nitrogen and oxygen atoms in total. The van der Waals surface area contributed by atoms with Gasteiger partial charge in [0.1, 0.15) is 5.75 Å². The van der Waals surface area contributed by atoms with E-state index >= 15 is 0 Å². The molecule has 18 heavy (non-hydrogen) atoms. The van der Waals surface area contributed by atoms with E-state index in [-0.39, 0.29) is 5.56 Å². The van der Waals surface area contributed by atoms with Crippen molar-refractivity contribution in [1.82, 2.24) is 0 Å². The number of aliphatic hydroxyl groups is 1. The van der Waals surface area contributed by atoms with Crippen molar-refractivity contribution >= 4 is 0 Å². The van der Waals surface area contributed by atoms with E-state index in [1.807, 2.05) is 0 Å². The van der Waals surface area contributed by atoms with Gasteiger partial charge in [0.25, 0.3) is 0 Å². The highest BCUT2D eigenvalue weighted by atomic mass is 19.3. The third-order valence-electron chi connectivity index (χ3n) is 2.30. The van der Waals surface area contributed by atoms with Gasteiger partial charge >= 0.3 is 12.5 Å². The normalized spacial score (nSPS) is 15.6. The van der Waals surface area contributed by atoms with Crippen LogP contribution in [0, 0.1) is 0 Å². The lowest BCUT2D eigenvalue weighted by molar-refractivity contribution is -0.253. The lowest BCUT2D eigenvalue weighted by atomic mass is 10.0. The van der Waals surface area contributed by atoms with Gasteiger partial charge in [-0.05, 0) is 13.0 Å². The molecule has 0 aliphatic carbocycles. The average Bonchev–Trinajstić information content (AvgIpc) is 2.28. The number of benzene rings is 1. The van der Waals surface area contributed by atoms with Gasteiger partial charge in [0, 0.05) is 5.56 Å². The molecule has 0 bridgehead atoms. The smallest absolute Gasteiger partial charge is 0.428 e. The highest BCUT2D eigenvalue weighted by molar-refractivity contribution is 5.36. The second-order valence-electron chi connectivity index (χ2n) is 3.77. The van der Waals surface area contributed by atoms with Gasteiger partial charge in [0.2, 0.25) is 0 Å². The van der Waals surface area contributed by atoms with Crippen molar-refractivity contribution in [1.29, 1.82) is 0 Å². The summed E-state index contributed by atoms with van der Waals surface area (Å²) in [4.78, 5) is 0. The molecule has 0 spiro atoms. The second-order valence-corrected chi connectivity index (χ2v) is 3.77. The Bertz CT molecular complexity index is 398. The van der Waals surface area contributed by atoms with Crippen molar-refractivity contribution < 1.29 is 27.4 Å². The molecule has 2 atom stereocenters. The predicted molar refractivity (Wildman–Crippen MR) is 56.6 cm³/mol. The number of hydrogen-bond donors (Lipinski definition) is 2. The summed E-state index contributed by atoms with van der Waals surface area (Å²) in [5, 5.41) is 9.29. The van der Waals surface area contributed by atoms with Crippen LogP contribution in [-0.2, 0) is 0 Å². The van der Waals surface area contributed by atoms with Crippen LogP contribution in [0.4, 0.5) is 17.6 Å². The first-order valence-electron chi connectivity index (χ1n) is 5.13. The maximum atomic E-state index is 12.8. The molecule has 7 heteroatoms. The molecule has 0 saturated carbocycles. The Labute approximate surface area is 101 Å². The number of ether oxygens (including phenoxy) is 1. The van der Waals surface area contributed by atoms with E-state index in [1.165, 1.54) is 25.1 Å². The Morgan fingerprint density at radius 1 is 1.28 bits per heavy atom. The Kier molecular flexibility index (Phi) is 4.53. The highest BCUT2D eigenvalue weighted by Gasteiger charge is 2.44. The number of rotatable bonds is 5. The van der Waals surface area contributed by atoms with Crippen LogP contribution < -0.4 is 10.5 Å². The quantitative estimate of drug-likeness (QED) is 0.805. The fraction of sp³-hybridized carbons (Fsp3) is 0.455. The molecule has 102 valence electrons. The largest absolute Gasteiger partial charge is 0.461 e. The van der Waals surface area contributed by atoms with Crippen LogP contribution in [0.5, 0.6) is 5.75 Å². The predicted octanol–water partition coefficient (Wildman–Crippen LogP) is 2.30. The van der Waals surface area contributed by atoms with Gasteiger partial charge in [-0.2, -0.15) is 17.6 Å². The molecular formula is C11H13F4NO2. The first kappa shape index (κ1) is 14.7. The summed E-state index contributed by atoms with van der Waals surface area (Å²) in [7, 11) is 0. The molecule has 1 rings (SSSR count). The maximum Gasteiger partial charge on any atom is 0.461 e. The monoisotopic (exact) mass is 267 g/mol. The number of para-hydroxylation sites is 1. The molecule has 3 N–H and O–H groups in total. The van der Waals surface area contributed by atoms with Crippen molar-refractivity contribution in [3.05, 3.63) is 29.8 Å². The van der Waals surface area contributed by atoms with Crippen molar-refractivity contribution in [3.8, 4) is 5.75 Å². The Morgan fingerprint density at radius 2 is 1.83 bits per heavy atom. The maximum absolute atomic E-state index is 12.8. The van der Waals surface area contributed by atoms with E-state index in [0.717, 1.165) is 6.07 Å². The van der Waals surface area contributed by atoms with Crippen LogP contribution in [0.15, 0.2) is 24.3 Å². The third-order valence-corrected chi connectivity index (χ3v) is 2.30. The number of alkyl halides is 4. The summed E-state index contributed by atoms with van der Waals surface area (Å²) in [6.07, 6.45) is -9.59. The molecule has 0 heterocycles. The van der Waals surface area contributed by atoms with E-state index < -0.39 is 30.4 Å². The van der Waals surface area contributed by atoms with Crippen molar-refractivity contribution in [2.24, 2.45) is 5.73 Å². The molecular weight excluding hydrogens is 254 g/mol. The molecule has 0 aliphatic rings. The molecule has 0 aliphatic heterocycles. The van der Waals surface area contributed by atoms with Crippen molar-refractivity contribution in [3.63, 3.8) is 0 Å². The summed E-state index contributed by atoms with van der Waals surface area (Å²) in [5.74, 6) is -0.476. The summed E-state index contributed by atoms with van der Waals surface area (Å²) in [6, 6.07) is 4.23. The van der Waals surface area contributed by atoms with E-state index in [2.05, 4.69) is 4.74 Å². The first-order valence-corrected chi connectivity index (χ1v) is 5.13. The Morgan fingerprint density at radius 3 is 2.33 bits per heavy atom.